The molecule has 2 aromatic rings. The maximum Gasteiger partial charge on any atom is 0.344 e. The van der Waals surface area contributed by atoms with Crippen LogP contribution in [-0.4, -0.2) is 29.6 Å². The predicted molar refractivity (Wildman–Crippen MR) is 105 cm³/mol. The number of nitrogens with zero attached hydrogens (tertiary/aromatic N) is 1. The summed E-state index contributed by atoms with van der Waals surface area (Å²) in [7, 11) is 0. The third-order valence-electron chi connectivity index (χ3n) is 3.67. The van der Waals surface area contributed by atoms with E-state index < -0.39 is 18.0 Å². The van der Waals surface area contributed by atoms with Gasteiger partial charge in [-0.1, -0.05) is 40.9 Å². The zero-order valence-electron chi connectivity index (χ0n) is 15.4. The molecule has 0 spiro atoms. The van der Waals surface area contributed by atoms with Crippen LogP contribution in [0.4, 0.5) is 5.82 Å². The number of hydrogen-bond donors (Lipinski definition) is 1. The number of nitrogens with one attached hydrogen (secondary N) is 1. The van der Waals surface area contributed by atoms with Crippen molar-refractivity contribution in [2.24, 2.45) is 0 Å². The Labute approximate surface area is 167 Å². The second kappa shape index (κ2) is 9.06. The van der Waals surface area contributed by atoms with Crippen molar-refractivity contribution in [2.75, 3.05) is 11.9 Å². The number of pyridine rings is 1. The topological polar surface area (TPSA) is 77.5 Å². The molecule has 1 aromatic carbocycles. The highest BCUT2D eigenvalue weighted by atomic mass is 35.5. The number of esters is 1. The van der Waals surface area contributed by atoms with Gasteiger partial charge in [0.1, 0.15) is 5.75 Å². The minimum absolute atomic E-state index is 0.135. The molecule has 0 aliphatic heterocycles. The first-order valence-electron chi connectivity index (χ1n) is 8.19. The van der Waals surface area contributed by atoms with E-state index in [9.17, 15) is 9.59 Å². The van der Waals surface area contributed by atoms with E-state index in [-0.39, 0.29) is 17.4 Å². The number of ether oxygens (including phenoxy) is 2. The average molecular weight is 411 g/mol. The quantitative estimate of drug-likeness (QED) is 0.719. The molecule has 1 N–H and O–H groups in total. The van der Waals surface area contributed by atoms with Crippen LogP contribution in [0.3, 0.4) is 0 Å². The Bertz CT molecular complexity index is 848. The molecule has 1 aromatic heterocycles. The van der Waals surface area contributed by atoms with Gasteiger partial charge in [0.05, 0.1) is 10.0 Å². The fourth-order valence-corrected chi connectivity index (χ4v) is 2.96. The van der Waals surface area contributed by atoms with Crippen LogP contribution in [0, 0.1) is 20.8 Å². The number of anilines is 1. The molecule has 0 fully saturated rings. The highest BCUT2D eigenvalue weighted by molar-refractivity contribution is 6.36. The van der Waals surface area contributed by atoms with Crippen molar-refractivity contribution in [3.8, 4) is 5.75 Å². The van der Waals surface area contributed by atoms with Gasteiger partial charge in [-0.15, -0.1) is 0 Å². The van der Waals surface area contributed by atoms with Gasteiger partial charge in [0.15, 0.2) is 18.5 Å². The van der Waals surface area contributed by atoms with Crippen LogP contribution in [-0.2, 0) is 14.3 Å². The van der Waals surface area contributed by atoms with Crippen LogP contribution < -0.4 is 10.1 Å². The highest BCUT2D eigenvalue weighted by Crippen LogP contribution is 2.25. The first-order valence-corrected chi connectivity index (χ1v) is 8.95. The first kappa shape index (κ1) is 21.0. The van der Waals surface area contributed by atoms with E-state index in [1.54, 1.807) is 0 Å². The molecule has 8 heteroatoms. The summed E-state index contributed by atoms with van der Waals surface area (Å²) in [6.07, 6.45) is 0.301. The van der Waals surface area contributed by atoms with Crippen molar-refractivity contribution in [1.29, 1.82) is 0 Å². The van der Waals surface area contributed by atoms with Gasteiger partial charge in [-0.3, -0.25) is 4.79 Å². The lowest BCUT2D eigenvalue weighted by molar-refractivity contribution is -0.155. The molecule has 2 rings (SSSR count). The Morgan fingerprint density at radius 1 is 1.15 bits per heavy atom. The lowest BCUT2D eigenvalue weighted by Crippen LogP contribution is -2.32. The van der Waals surface area contributed by atoms with Crippen molar-refractivity contribution in [1.82, 2.24) is 4.98 Å². The fourth-order valence-electron chi connectivity index (χ4n) is 2.54. The number of aryl methyl sites for hydroxylation is 3. The average Bonchev–Trinajstić information content (AvgIpc) is 2.56. The summed E-state index contributed by atoms with van der Waals surface area (Å²) in [5.74, 6) is -0.460. The maximum absolute atomic E-state index is 12.1. The number of carbonyl (C=O) groups excluding carboxylic acids is 2. The number of halogens is 2. The van der Waals surface area contributed by atoms with Gasteiger partial charge in [-0.2, -0.15) is 0 Å². The molecule has 0 saturated heterocycles. The molecule has 6 nitrogen and oxygen atoms in total. The molecule has 1 heterocycles. The van der Waals surface area contributed by atoms with Gasteiger partial charge in [0.2, 0.25) is 0 Å². The molecule has 0 saturated carbocycles. The zero-order chi connectivity index (χ0) is 20.1. The summed E-state index contributed by atoms with van der Waals surface area (Å²) in [4.78, 5) is 28.1. The first-order chi connectivity index (χ1) is 12.7. The Morgan fingerprint density at radius 2 is 1.78 bits per heavy atom. The molecule has 0 radical (unpaired) electrons. The summed E-state index contributed by atoms with van der Waals surface area (Å²) in [5, 5.41) is 3.01. The number of aromatic nitrogens is 1. The molecular formula is C19H20Cl2N2O4. The van der Waals surface area contributed by atoms with Gasteiger partial charge < -0.3 is 14.8 Å². The van der Waals surface area contributed by atoms with Crippen LogP contribution >= 0.6 is 23.2 Å². The molecule has 0 aliphatic rings. The minimum atomic E-state index is -1.05. The van der Waals surface area contributed by atoms with Gasteiger partial charge in [-0.05, 0) is 44.9 Å². The standard InChI is InChI=1S/C19H20Cl2N2O4/c1-10-5-11(2)17(12(3)6-10)26-9-16(24)27-13(4)19(25)23-18-15(21)7-14(20)8-22-18/h5-8,13H,9H2,1-4H3,(H,22,23,25)/t13-/m0/s1. The predicted octanol–water partition coefficient (Wildman–Crippen LogP) is 4.26. The molecular weight excluding hydrogens is 391 g/mol. The van der Waals surface area contributed by atoms with Crippen LogP contribution in [0.1, 0.15) is 23.6 Å². The van der Waals surface area contributed by atoms with Crippen molar-refractivity contribution < 1.29 is 19.1 Å². The lowest BCUT2D eigenvalue weighted by Gasteiger charge is -2.15. The molecule has 27 heavy (non-hydrogen) atoms. The number of amides is 1. The van der Waals surface area contributed by atoms with E-state index in [2.05, 4.69) is 10.3 Å². The minimum Gasteiger partial charge on any atom is -0.481 e. The number of benzene rings is 1. The summed E-state index contributed by atoms with van der Waals surface area (Å²) < 4.78 is 10.7. The van der Waals surface area contributed by atoms with Crippen LogP contribution in [0.2, 0.25) is 10.0 Å². The van der Waals surface area contributed by atoms with E-state index in [0.717, 1.165) is 16.7 Å². The van der Waals surface area contributed by atoms with E-state index in [1.165, 1.54) is 19.2 Å². The third kappa shape index (κ3) is 5.84. The number of carbonyl (C=O) groups is 2. The SMILES string of the molecule is Cc1cc(C)c(OCC(=O)O[C@@H](C)C(=O)Nc2ncc(Cl)cc2Cl)c(C)c1. The Balaban J connectivity index is 1.90. The van der Waals surface area contributed by atoms with Crippen molar-refractivity contribution >= 4 is 40.9 Å². The van der Waals surface area contributed by atoms with Crippen LogP contribution in [0.25, 0.3) is 0 Å². The molecule has 0 unspecified atom stereocenters. The summed E-state index contributed by atoms with van der Waals surface area (Å²) >= 11 is 11.7. The van der Waals surface area contributed by atoms with Gasteiger partial charge >= 0.3 is 5.97 Å². The fraction of sp³-hybridized carbons (Fsp3) is 0.316. The van der Waals surface area contributed by atoms with Crippen molar-refractivity contribution in [2.45, 2.75) is 33.8 Å². The molecule has 0 bridgehead atoms. The Morgan fingerprint density at radius 3 is 2.37 bits per heavy atom. The van der Waals surface area contributed by atoms with Gasteiger partial charge in [0.25, 0.3) is 5.91 Å². The monoisotopic (exact) mass is 410 g/mol. The van der Waals surface area contributed by atoms with Gasteiger partial charge in [-0.25, -0.2) is 9.78 Å². The summed E-state index contributed by atoms with van der Waals surface area (Å²) in [6, 6.07) is 5.38. The third-order valence-corrected chi connectivity index (χ3v) is 4.16. The van der Waals surface area contributed by atoms with E-state index in [1.807, 2.05) is 32.9 Å². The largest absolute Gasteiger partial charge is 0.481 e. The normalized spacial score (nSPS) is 11.6. The second-order valence-electron chi connectivity index (χ2n) is 6.12. The van der Waals surface area contributed by atoms with E-state index in [4.69, 9.17) is 32.7 Å². The Kier molecular flexibility index (Phi) is 7.05. The molecule has 1 atom stereocenters. The second-order valence-corrected chi connectivity index (χ2v) is 6.97. The number of rotatable bonds is 6. The van der Waals surface area contributed by atoms with Crippen molar-refractivity contribution in [3.63, 3.8) is 0 Å². The van der Waals surface area contributed by atoms with E-state index in [0.29, 0.717) is 10.8 Å². The molecule has 0 aliphatic carbocycles. The van der Waals surface area contributed by atoms with Crippen LogP contribution in [0.5, 0.6) is 5.75 Å². The molecule has 1 amide bonds. The van der Waals surface area contributed by atoms with Crippen LogP contribution in [0.15, 0.2) is 24.4 Å². The highest BCUT2D eigenvalue weighted by Gasteiger charge is 2.20. The smallest absolute Gasteiger partial charge is 0.344 e. The number of hydrogen-bond acceptors (Lipinski definition) is 5. The summed E-state index contributed by atoms with van der Waals surface area (Å²) in [6.45, 7) is 6.93. The lowest BCUT2D eigenvalue weighted by atomic mass is 10.1. The van der Waals surface area contributed by atoms with Gasteiger partial charge in [0, 0.05) is 6.20 Å². The Hall–Kier alpha value is -2.31. The maximum atomic E-state index is 12.1. The van der Waals surface area contributed by atoms with E-state index >= 15 is 0 Å². The summed E-state index contributed by atoms with van der Waals surface area (Å²) in [5.41, 5.74) is 2.96. The van der Waals surface area contributed by atoms with Crippen molar-refractivity contribution in [3.05, 3.63) is 51.1 Å². The molecule has 144 valence electrons. The zero-order valence-corrected chi connectivity index (χ0v) is 16.9.